The van der Waals surface area contributed by atoms with Gasteiger partial charge >= 0.3 is 0 Å². The molecule has 0 bridgehead atoms. The van der Waals surface area contributed by atoms with Gasteiger partial charge in [-0.1, -0.05) is 23.2 Å². The molecule has 8 heteroatoms. The summed E-state index contributed by atoms with van der Waals surface area (Å²) < 4.78 is 10.7. The van der Waals surface area contributed by atoms with Gasteiger partial charge in [0, 0.05) is 37.8 Å². The molecule has 0 aliphatic carbocycles. The van der Waals surface area contributed by atoms with Crippen molar-refractivity contribution in [3.63, 3.8) is 0 Å². The zero-order valence-corrected chi connectivity index (χ0v) is 16.0. The molecule has 1 fully saturated rings. The molecule has 1 aliphatic heterocycles. The molecule has 138 valence electrons. The van der Waals surface area contributed by atoms with E-state index in [9.17, 15) is 4.79 Å². The minimum Gasteiger partial charge on any atom is -0.497 e. The number of hydrogen-bond acceptors (Lipinski definition) is 5. The summed E-state index contributed by atoms with van der Waals surface area (Å²) in [5.41, 5.74) is 1.43. The maximum absolute atomic E-state index is 12.7. The number of methoxy groups -OCH3 is 2. The van der Waals surface area contributed by atoms with Gasteiger partial charge in [-0.2, -0.15) is 0 Å². The SMILES string of the molecule is COc1ccc(N2CCN(C(=O)c3cc(Cl)nc(Cl)c3)CC2)c(OC)c1. The third-order valence-corrected chi connectivity index (χ3v) is 4.69. The van der Waals surface area contributed by atoms with Gasteiger partial charge in [0.25, 0.3) is 5.91 Å². The van der Waals surface area contributed by atoms with Crippen molar-refractivity contribution >= 4 is 34.8 Å². The molecule has 0 radical (unpaired) electrons. The summed E-state index contributed by atoms with van der Waals surface area (Å²) in [5.74, 6) is 1.39. The van der Waals surface area contributed by atoms with E-state index in [1.807, 2.05) is 18.2 Å². The van der Waals surface area contributed by atoms with Crippen molar-refractivity contribution in [3.8, 4) is 11.5 Å². The molecule has 3 rings (SSSR count). The number of ether oxygens (including phenoxy) is 2. The first kappa shape index (κ1) is 18.6. The van der Waals surface area contributed by atoms with Crippen LogP contribution in [0.1, 0.15) is 10.4 Å². The van der Waals surface area contributed by atoms with Crippen LogP contribution >= 0.6 is 23.2 Å². The van der Waals surface area contributed by atoms with Crippen molar-refractivity contribution in [1.29, 1.82) is 0 Å². The molecule has 0 spiro atoms. The minimum absolute atomic E-state index is 0.0995. The predicted molar refractivity (Wildman–Crippen MR) is 102 cm³/mol. The number of piperazine rings is 1. The fourth-order valence-electron chi connectivity index (χ4n) is 2.97. The Balaban J connectivity index is 1.70. The molecule has 1 aliphatic rings. The van der Waals surface area contributed by atoms with E-state index in [1.54, 1.807) is 19.1 Å². The van der Waals surface area contributed by atoms with E-state index >= 15 is 0 Å². The first-order valence-corrected chi connectivity index (χ1v) is 8.86. The Hall–Kier alpha value is -2.18. The normalized spacial score (nSPS) is 14.3. The number of halogens is 2. The molecule has 2 heterocycles. The summed E-state index contributed by atoms with van der Waals surface area (Å²) in [6, 6.07) is 8.80. The second-order valence-electron chi connectivity index (χ2n) is 5.82. The van der Waals surface area contributed by atoms with E-state index in [0.29, 0.717) is 31.7 Å². The van der Waals surface area contributed by atoms with Gasteiger partial charge in [0.05, 0.1) is 19.9 Å². The van der Waals surface area contributed by atoms with Crippen LogP contribution in [-0.4, -0.2) is 56.2 Å². The van der Waals surface area contributed by atoms with Gasteiger partial charge in [-0.25, -0.2) is 4.98 Å². The van der Waals surface area contributed by atoms with E-state index < -0.39 is 0 Å². The molecule has 0 N–H and O–H groups in total. The van der Waals surface area contributed by atoms with Crippen molar-refractivity contribution < 1.29 is 14.3 Å². The molecule has 1 aromatic heterocycles. The number of benzene rings is 1. The number of aromatic nitrogens is 1. The Morgan fingerprint density at radius 3 is 2.23 bits per heavy atom. The lowest BCUT2D eigenvalue weighted by Gasteiger charge is -2.36. The van der Waals surface area contributed by atoms with Crippen LogP contribution in [0.4, 0.5) is 5.69 Å². The molecule has 0 saturated carbocycles. The van der Waals surface area contributed by atoms with E-state index in [0.717, 1.165) is 17.2 Å². The van der Waals surface area contributed by atoms with E-state index in [1.165, 1.54) is 12.1 Å². The summed E-state index contributed by atoms with van der Waals surface area (Å²) in [6.45, 7) is 2.57. The smallest absolute Gasteiger partial charge is 0.254 e. The van der Waals surface area contributed by atoms with Gasteiger partial charge in [-0.3, -0.25) is 4.79 Å². The highest BCUT2D eigenvalue weighted by molar-refractivity contribution is 6.33. The second-order valence-corrected chi connectivity index (χ2v) is 6.59. The molecule has 26 heavy (non-hydrogen) atoms. The van der Waals surface area contributed by atoms with Crippen molar-refractivity contribution in [1.82, 2.24) is 9.88 Å². The average Bonchev–Trinajstić information content (AvgIpc) is 2.66. The van der Waals surface area contributed by atoms with Crippen LogP contribution in [0.2, 0.25) is 10.3 Å². The monoisotopic (exact) mass is 395 g/mol. The molecule has 1 amide bonds. The topological polar surface area (TPSA) is 54.9 Å². The van der Waals surface area contributed by atoms with Crippen molar-refractivity contribution in [3.05, 3.63) is 46.2 Å². The van der Waals surface area contributed by atoms with Crippen LogP contribution in [0, 0.1) is 0 Å². The Labute approximate surface area is 162 Å². The number of carbonyl (C=O) groups excluding carboxylic acids is 1. The van der Waals surface area contributed by atoms with E-state index in [2.05, 4.69) is 9.88 Å². The third kappa shape index (κ3) is 3.97. The largest absolute Gasteiger partial charge is 0.497 e. The minimum atomic E-state index is -0.0995. The lowest BCUT2D eigenvalue weighted by molar-refractivity contribution is 0.0746. The second kappa shape index (κ2) is 8.01. The van der Waals surface area contributed by atoms with Crippen molar-refractivity contribution in [2.75, 3.05) is 45.3 Å². The molecule has 0 atom stereocenters. The van der Waals surface area contributed by atoms with Gasteiger partial charge in [0.2, 0.25) is 0 Å². The molecule has 0 unspecified atom stereocenters. The Bertz CT molecular complexity index is 788. The maximum Gasteiger partial charge on any atom is 0.254 e. The zero-order chi connectivity index (χ0) is 18.7. The number of anilines is 1. The molecular formula is C18H19Cl2N3O3. The Morgan fingerprint density at radius 2 is 1.65 bits per heavy atom. The quantitative estimate of drug-likeness (QED) is 0.742. The van der Waals surface area contributed by atoms with Crippen LogP contribution < -0.4 is 14.4 Å². The van der Waals surface area contributed by atoms with Crippen LogP contribution in [0.5, 0.6) is 11.5 Å². The number of nitrogens with zero attached hydrogens (tertiary/aromatic N) is 3. The molecule has 2 aromatic rings. The number of rotatable bonds is 4. The first-order valence-electron chi connectivity index (χ1n) is 8.11. The van der Waals surface area contributed by atoms with Crippen LogP contribution in [0.15, 0.2) is 30.3 Å². The summed E-state index contributed by atoms with van der Waals surface area (Å²) >= 11 is 11.8. The molecule has 1 aromatic carbocycles. The number of carbonyl (C=O) groups is 1. The first-order chi connectivity index (χ1) is 12.5. The molecule has 1 saturated heterocycles. The van der Waals surface area contributed by atoms with E-state index in [-0.39, 0.29) is 16.2 Å². The predicted octanol–water partition coefficient (Wildman–Crippen LogP) is 3.37. The summed E-state index contributed by atoms with van der Waals surface area (Å²) in [7, 11) is 3.26. The van der Waals surface area contributed by atoms with Gasteiger partial charge in [-0.15, -0.1) is 0 Å². The standard InChI is InChI=1S/C18H19Cl2N3O3/c1-25-13-3-4-14(15(11-13)26-2)22-5-7-23(8-6-22)18(24)12-9-16(19)21-17(20)10-12/h3-4,9-11H,5-8H2,1-2H3. The highest BCUT2D eigenvalue weighted by Gasteiger charge is 2.24. The molecular weight excluding hydrogens is 377 g/mol. The Morgan fingerprint density at radius 1 is 1.00 bits per heavy atom. The highest BCUT2D eigenvalue weighted by Crippen LogP contribution is 2.32. The number of pyridine rings is 1. The fourth-order valence-corrected chi connectivity index (χ4v) is 3.43. The van der Waals surface area contributed by atoms with Gasteiger partial charge in [0.15, 0.2) is 0 Å². The van der Waals surface area contributed by atoms with Crippen LogP contribution in [-0.2, 0) is 0 Å². The zero-order valence-electron chi connectivity index (χ0n) is 14.5. The lowest BCUT2D eigenvalue weighted by Crippen LogP contribution is -2.48. The summed E-state index contributed by atoms with van der Waals surface area (Å²) in [4.78, 5) is 20.5. The third-order valence-electron chi connectivity index (χ3n) is 4.30. The van der Waals surface area contributed by atoms with E-state index in [4.69, 9.17) is 32.7 Å². The van der Waals surface area contributed by atoms with Crippen LogP contribution in [0.25, 0.3) is 0 Å². The summed E-state index contributed by atoms with van der Waals surface area (Å²) in [6.07, 6.45) is 0. The maximum atomic E-state index is 12.7. The highest BCUT2D eigenvalue weighted by atomic mass is 35.5. The van der Waals surface area contributed by atoms with Crippen molar-refractivity contribution in [2.45, 2.75) is 0 Å². The average molecular weight is 396 g/mol. The van der Waals surface area contributed by atoms with Crippen molar-refractivity contribution in [2.24, 2.45) is 0 Å². The summed E-state index contributed by atoms with van der Waals surface area (Å²) in [5, 5.41) is 0.421. The van der Waals surface area contributed by atoms with Gasteiger partial charge in [-0.05, 0) is 24.3 Å². The van der Waals surface area contributed by atoms with Crippen LogP contribution in [0.3, 0.4) is 0 Å². The Kier molecular flexibility index (Phi) is 5.74. The lowest BCUT2D eigenvalue weighted by atomic mass is 10.2. The molecule has 6 nitrogen and oxygen atoms in total. The number of amides is 1. The number of hydrogen-bond donors (Lipinski definition) is 0. The fraction of sp³-hybridized carbons (Fsp3) is 0.333. The van der Waals surface area contributed by atoms with Gasteiger partial charge < -0.3 is 19.3 Å². The van der Waals surface area contributed by atoms with Gasteiger partial charge in [0.1, 0.15) is 21.8 Å².